The Morgan fingerprint density at radius 2 is 1.95 bits per heavy atom. The molecule has 0 spiro atoms. The lowest BCUT2D eigenvalue weighted by Crippen LogP contribution is -2.23. The van der Waals surface area contributed by atoms with E-state index in [0.29, 0.717) is 11.5 Å². The SMILES string of the molecule is Cc1cc(C(=O)C(F)(F)F)c(C)n1-c1cnccn1. The zero-order valence-corrected chi connectivity index (χ0v) is 10.2. The van der Waals surface area contributed by atoms with Gasteiger partial charge in [-0.1, -0.05) is 0 Å². The molecule has 0 amide bonds. The summed E-state index contributed by atoms with van der Waals surface area (Å²) in [7, 11) is 0. The van der Waals surface area contributed by atoms with Crippen molar-refractivity contribution >= 4 is 5.78 Å². The van der Waals surface area contributed by atoms with E-state index in [0.717, 1.165) is 0 Å². The molecule has 0 saturated carbocycles. The fraction of sp³-hybridized carbons (Fsp3) is 0.250. The molecule has 2 rings (SSSR count). The predicted octanol–water partition coefficient (Wildman–Crippen LogP) is 2.63. The molecule has 100 valence electrons. The highest BCUT2D eigenvalue weighted by Crippen LogP contribution is 2.26. The summed E-state index contributed by atoms with van der Waals surface area (Å²) < 4.78 is 38.9. The largest absolute Gasteiger partial charge is 0.454 e. The van der Waals surface area contributed by atoms with E-state index in [4.69, 9.17) is 0 Å². The monoisotopic (exact) mass is 269 g/mol. The van der Waals surface area contributed by atoms with Crippen LogP contribution >= 0.6 is 0 Å². The van der Waals surface area contributed by atoms with E-state index < -0.39 is 12.0 Å². The van der Waals surface area contributed by atoms with Crippen molar-refractivity contribution in [1.29, 1.82) is 0 Å². The van der Waals surface area contributed by atoms with Crippen molar-refractivity contribution in [1.82, 2.24) is 14.5 Å². The number of Topliss-reactive ketones (excluding diaryl/α,β-unsaturated/α-hetero) is 1. The van der Waals surface area contributed by atoms with Gasteiger partial charge in [0.15, 0.2) is 5.82 Å². The second kappa shape index (κ2) is 4.49. The normalized spacial score (nSPS) is 11.6. The number of aryl methyl sites for hydroxylation is 1. The second-order valence-electron chi connectivity index (χ2n) is 4.01. The van der Waals surface area contributed by atoms with Crippen LogP contribution < -0.4 is 0 Å². The van der Waals surface area contributed by atoms with E-state index >= 15 is 0 Å². The first-order valence-electron chi connectivity index (χ1n) is 5.39. The molecule has 0 unspecified atom stereocenters. The predicted molar refractivity (Wildman–Crippen MR) is 61.2 cm³/mol. The molecule has 0 aliphatic rings. The molecule has 0 bridgehead atoms. The summed E-state index contributed by atoms with van der Waals surface area (Å²) in [4.78, 5) is 19.2. The molecule has 2 aromatic heterocycles. The molecule has 0 saturated heterocycles. The van der Waals surface area contributed by atoms with E-state index in [9.17, 15) is 18.0 Å². The molecular formula is C12H10F3N3O. The van der Waals surface area contributed by atoms with Gasteiger partial charge in [-0.15, -0.1) is 0 Å². The van der Waals surface area contributed by atoms with Crippen LogP contribution in [-0.4, -0.2) is 26.5 Å². The summed E-state index contributed by atoms with van der Waals surface area (Å²) in [5.41, 5.74) is 0.321. The number of rotatable bonds is 2. The molecule has 0 aliphatic heterocycles. The average molecular weight is 269 g/mol. The van der Waals surface area contributed by atoms with Gasteiger partial charge in [-0.25, -0.2) is 4.98 Å². The van der Waals surface area contributed by atoms with Crippen LogP contribution in [-0.2, 0) is 0 Å². The Balaban J connectivity index is 2.56. The summed E-state index contributed by atoms with van der Waals surface area (Å²) in [6.07, 6.45) is -0.577. The smallest absolute Gasteiger partial charge is 0.301 e. The van der Waals surface area contributed by atoms with Gasteiger partial charge >= 0.3 is 6.18 Å². The Bertz CT molecular complexity index is 617. The number of ketones is 1. The van der Waals surface area contributed by atoms with Crippen molar-refractivity contribution in [3.05, 3.63) is 41.6 Å². The van der Waals surface area contributed by atoms with Crippen molar-refractivity contribution in [2.24, 2.45) is 0 Å². The first-order valence-corrected chi connectivity index (χ1v) is 5.39. The highest BCUT2D eigenvalue weighted by molar-refractivity contribution is 6.01. The number of halogens is 3. The molecule has 0 N–H and O–H groups in total. The fourth-order valence-electron chi connectivity index (χ4n) is 1.90. The molecule has 0 aliphatic carbocycles. The zero-order valence-electron chi connectivity index (χ0n) is 10.2. The Morgan fingerprint density at radius 3 is 2.47 bits per heavy atom. The first kappa shape index (κ1) is 13.3. The van der Waals surface area contributed by atoms with Crippen LogP contribution in [0.25, 0.3) is 5.82 Å². The lowest BCUT2D eigenvalue weighted by atomic mass is 10.1. The molecule has 7 heteroatoms. The summed E-state index contributed by atoms with van der Waals surface area (Å²) in [6, 6.07) is 1.21. The van der Waals surface area contributed by atoms with Crippen LogP contribution in [0.2, 0.25) is 0 Å². The van der Waals surface area contributed by atoms with Gasteiger partial charge in [0.25, 0.3) is 5.78 Å². The van der Waals surface area contributed by atoms with Crippen molar-refractivity contribution in [2.75, 3.05) is 0 Å². The molecular weight excluding hydrogens is 259 g/mol. The van der Waals surface area contributed by atoms with Gasteiger partial charge in [-0.2, -0.15) is 13.2 Å². The fourth-order valence-corrected chi connectivity index (χ4v) is 1.90. The van der Waals surface area contributed by atoms with E-state index in [2.05, 4.69) is 9.97 Å². The third kappa shape index (κ3) is 2.35. The van der Waals surface area contributed by atoms with Crippen LogP contribution in [0.5, 0.6) is 0 Å². The minimum absolute atomic E-state index is 0.195. The Kier molecular flexibility index (Phi) is 3.13. The van der Waals surface area contributed by atoms with E-state index in [1.54, 1.807) is 6.92 Å². The number of carbonyl (C=O) groups excluding carboxylic acids is 1. The van der Waals surface area contributed by atoms with E-state index in [1.807, 2.05) is 0 Å². The summed E-state index contributed by atoms with van der Waals surface area (Å²) in [6.45, 7) is 3.05. The Hall–Kier alpha value is -2.18. The van der Waals surface area contributed by atoms with Crippen LogP contribution in [0.3, 0.4) is 0 Å². The Labute approximate surface area is 106 Å². The van der Waals surface area contributed by atoms with Crippen LogP contribution in [0, 0.1) is 13.8 Å². The quantitative estimate of drug-likeness (QED) is 0.787. The number of nitrogens with zero attached hydrogens (tertiary/aromatic N) is 3. The molecule has 0 aromatic carbocycles. The number of aromatic nitrogens is 3. The van der Waals surface area contributed by atoms with E-state index in [-0.39, 0.29) is 11.3 Å². The van der Waals surface area contributed by atoms with E-state index in [1.165, 1.54) is 36.1 Å². The molecule has 4 nitrogen and oxygen atoms in total. The number of alkyl halides is 3. The first-order chi connectivity index (χ1) is 8.82. The number of hydrogen-bond donors (Lipinski definition) is 0. The third-order valence-electron chi connectivity index (χ3n) is 2.71. The maximum absolute atomic E-state index is 12.5. The van der Waals surface area contributed by atoms with Crippen molar-refractivity contribution in [3.63, 3.8) is 0 Å². The third-order valence-corrected chi connectivity index (χ3v) is 2.71. The summed E-state index contributed by atoms with van der Waals surface area (Å²) in [5.74, 6) is -1.48. The van der Waals surface area contributed by atoms with Gasteiger partial charge < -0.3 is 4.57 Å². The molecule has 0 fully saturated rings. The summed E-state index contributed by atoms with van der Waals surface area (Å²) >= 11 is 0. The molecule has 2 heterocycles. The number of carbonyl (C=O) groups is 1. The summed E-state index contributed by atoms with van der Waals surface area (Å²) in [5, 5.41) is 0. The van der Waals surface area contributed by atoms with Gasteiger partial charge in [-0.3, -0.25) is 9.78 Å². The molecule has 19 heavy (non-hydrogen) atoms. The Morgan fingerprint density at radius 1 is 1.26 bits per heavy atom. The zero-order chi connectivity index (χ0) is 14.2. The average Bonchev–Trinajstić information content (AvgIpc) is 2.64. The maximum atomic E-state index is 12.5. The standard InChI is InChI=1S/C12H10F3N3O/c1-7-5-9(11(19)12(13,14)15)8(2)18(7)10-6-16-3-4-17-10/h3-6H,1-2H3. The highest BCUT2D eigenvalue weighted by atomic mass is 19.4. The van der Waals surface area contributed by atoms with Crippen molar-refractivity contribution < 1.29 is 18.0 Å². The maximum Gasteiger partial charge on any atom is 0.454 e. The van der Waals surface area contributed by atoms with Crippen LogP contribution in [0.1, 0.15) is 21.7 Å². The number of hydrogen-bond acceptors (Lipinski definition) is 3. The van der Waals surface area contributed by atoms with Crippen LogP contribution in [0.15, 0.2) is 24.7 Å². The second-order valence-corrected chi connectivity index (χ2v) is 4.01. The minimum Gasteiger partial charge on any atom is -0.301 e. The van der Waals surface area contributed by atoms with Crippen molar-refractivity contribution in [2.45, 2.75) is 20.0 Å². The lowest BCUT2D eigenvalue weighted by molar-refractivity contribution is -0.0885. The van der Waals surface area contributed by atoms with Gasteiger partial charge in [0.2, 0.25) is 0 Å². The van der Waals surface area contributed by atoms with Gasteiger partial charge in [0, 0.05) is 29.3 Å². The molecule has 0 radical (unpaired) electrons. The lowest BCUT2D eigenvalue weighted by Gasteiger charge is -2.08. The highest BCUT2D eigenvalue weighted by Gasteiger charge is 2.41. The topological polar surface area (TPSA) is 47.8 Å². The van der Waals surface area contributed by atoms with Crippen LogP contribution in [0.4, 0.5) is 13.2 Å². The van der Waals surface area contributed by atoms with Gasteiger partial charge in [-0.05, 0) is 19.9 Å². The molecule has 0 atom stereocenters. The minimum atomic E-state index is -4.88. The van der Waals surface area contributed by atoms with Gasteiger partial charge in [0.1, 0.15) is 0 Å². The van der Waals surface area contributed by atoms with Gasteiger partial charge in [0.05, 0.1) is 6.20 Å². The molecule has 2 aromatic rings. The van der Waals surface area contributed by atoms with Crippen molar-refractivity contribution in [3.8, 4) is 5.82 Å².